The maximum atomic E-state index is 12.3. The van der Waals surface area contributed by atoms with Crippen LogP contribution in [0.15, 0.2) is 0 Å². The third-order valence-corrected chi connectivity index (χ3v) is 4.14. The lowest BCUT2D eigenvalue weighted by atomic mass is 10.1. The molecule has 3 aliphatic rings. The summed E-state index contributed by atoms with van der Waals surface area (Å²) in [7, 11) is 0. The highest BCUT2D eigenvalue weighted by Crippen LogP contribution is 2.21. The van der Waals surface area contributed by atoms with Crippen LogP contribution in [0.2, 0.25) is 0 Å². The SMILES string of the molecule is Cl.O=C(C1CCCN1)N1CCOC(C2CCCO2)C1. The molecule has 19 heavy (non-hydrogen) atoms. The Labute approximate surface area is 120 Å². The zero-order valence-corrected chi connectivity index (χ0v) is 12.0. The summed E-state index contributed by atoms with van der Waals surface area (Å²) in [4.78, 5) is 14.3. The molecule has 110 valence electrons. The third kappa shape index (κ3) is 3.40. The Morgan fingerprint density at radius 1 is 1.11 bits per heavy atom. The van der Waals surface area contributed by atoms with Gasteiger partial charge in [-0.05, 0) is 32.2 Å². The smallest absolute Gasteiger partial charge is 0.239 e. The minimum absolute atomic E-state index is 0. The van der Waals surface area contributed by atoms with Gasteiger partial charge >= 0.3 is 0 Å². The average molecular weight is 291 g/mol. The normalized spacial score (nSPS) is 35.2. The van der Waals surface area contributed by atoms with E-state index in [0.29, 0.717) is 13.2 Å². The topological polar surface area (TPSA) is 50.8 Å². The van der Waals surface area contributed by atoms with Gasteiger partial charge in [-0.3, -0.25) is 4.79 Å². The molecule has 3 heterocycles. The largest absolute Gasteiger partial charge is 0.375 e. The molecule has 3 aliphatic heterocycles. The van der Waals surface area contributed by atoms with Crippen LogP contribution in [0.4, 0.5) is 0 Å². The Morgan fingerprint density at radius 3 is 2.63 bits per heavy atom. The molecule has 0 radical (unpaired) electrons. The van der Waals surface area contributed by atoms with E-state index in [9.17, 15) is 4.79 Å². The van der Waals surface area contributed by atoms with Crippen molar-refractivity contribution in [2.75, 3.05) is 32.8 Å². The second kappa shape index (κ2) is 6.88. The Bertz CT molecular complexity index is 304. The first-order valence-electron chi connectivity index (χ1n) is 7.10. The number of hydrogen-bond acceptors (Lipinski definition) is 4. The first-order chi connectivity index (χ1) is 8.84. The van der Waals surface area contributed by atoms with Crippen LogP contribution in [0.3, 0.4) is 0 Å². The average Bonchev–Trinajstić information content (AvgIpc) is 3.11. The van der Waals surface area contributed by atoms with Crippen molar-refractivity contribution < 1.29 is 14.3 Å². The van der Waals surface area contributed by atoms with E-state index in [1.165, 1.54) is 0 Å². The van der Waals surface area contributed by atoms with E-state index >= 15 is 0 Å². The lowest BCUT2D eigenvalue weighted by molar-refractivity contribution is -0.146. The Hall–Kier alpha value is -0.360. The maximum absolute atomic E-state index is 12.3. The van der Waals surface area contributed by atoms with Gasteiger partial charge in [0.2, 0.25) is 5.91 Å². The minimum Gasteiger partial charge on any atom is -0.375 e. The highest BCUT2D eigenvalue weighted by molar-refractivity contribution is 5.85. The molecule has 6 heteroatoms. The summed E-state index contributed by atoms with van der Waals surface area (Å²) in [5.41, 5.74) is 0. The van der Waals surface area contributed by atoms with Crippen molar-refractivity contribution in [1.82, 2.24) is 10.2 Å². The van der Waals surface area contributed by atoms with Gasteiger partial charge in [-0.25, -0.2) is 0 Å². The number of ether oxygens (including phenoxy) is 2. The molecule has 3 rings (SSSR count). The highest BCUT2D eigenvalue weighted by Gasteiger charge is 2.35. The first kappa shape index (κ1) is 15.0. The summed E-state index contributed by atoms with van der Waals surface area (Å²) in [5, 5.41) is 3.27. The van der Waals surface area contributed by atoms with Crippen LogP contribution in [0.25, 0.3) is 0 Å². The second-order valence-electron chi connectivity index (χ2n) is 5.39. The van der Waals surface area contributed by atoms with Gasteiger partial charge in [0.25, 0.3) is 0 Å². The van der Waals surface area contributed by atoms with E-state index in [2.05, 4.69) is 5.32 Å². The zero-order chi connectivity index (χ0) is 12.4. The molecule has 1 N–H and O–H groups in total. The monoisotopic (exact) mass is 290 g/mol. The van der Waals surface area contributed by atoms with Gasteiger partial charge in [-0.1, -0.05) is 0 Å². The van der Waals surface area contributed by atoms with E-state index in [1.54, 1.807) is 0 Å². The summed E-state index contributed by atoms with van der Waals surface area (Å²) < 4.78 is 11.4. The predicted octanol–water partition coefficient (Wildman–Crippen LogP) is 0.567. The van der Waals surface area contributed by atoms with E-state index in [0.717, 1.165) is 45.4 Å². The van der Waals surface area contributed by atoms with E-state index in [-0.39, 0.29) is 36.6 Å². The maximum Gasteiger partial charge on any atom is 0.239 e. The summed E-state index contributed by atoms with van der Waals surface area (Å²) in [6.07, 6.45) is 4.53. The number of carbonyl (C=O) groups excluding carboxylic acids is 1. The number of nitrogens with one attached hydrogen (secondary N) is 1. The molecule has 0 aliphatic carbocycles. The number of morpholine rings is 1. The number of halogens is 1. The van der Waals surface area contributed by atoms with Crippen LogP contribution in [-0.4, -0.2) is 61.9 Å². The van der Waals surface area contributed by atoms with Gasteiger partial charge in [-0.15, -0.1) is 12.4 Å². The molecule has 1 amide bonds. The lowest BCUT2D eigenvalue weighted by Crippen LogP contribution is -2.53. The second-order valence-corrected chi connectivity index (χ2v) is 5.39. The molecule has 3 unspecified atom stereocenters. The van der Waals surface area contributed by atoms with Crippen molar-refractivity contribution in [2.45, 2.75) is 43.9 Å². The van der Waals surface area contributed by atoms with Crippen molar-refractivity contribution in [3.63, 3.8) is 0 Å². The van der Waals surface area contributed by atoms with E-state index < -0.39 is 0 Å². The van der Waals surface area contributed by atoms with Crippen LogP contribution in [0, 0.1) is 0 Å². The molecule has 3 atom stereocenters. The fourth-order valence-corrected chi connectivity index (χ4v) is 3.11. The fourth-order valence-electron chi connectivity index (χ4n) is 3.11. The Kier molecular flexibility index (Phi) is 5.45. The standard InChI is InChI=1S/C13H22N2O3.ClH/c16-13(10-3-1-5-14-10)15-6-8-18-12(9-15)11-4-2-7-17-11;/h10-12,14H,1-9H2;1H. The zero-order valence-electron chi connectivity index (χ0n) is 11.2. The molecule has 3 fully saturated rings. The molecule has 0 spiro atoms. The Balaban J connectivity index is 0.00000133. The quantitative estimate of drug-likeness (QED) is 0.808. The third-order valence-electron chi connectivity index (χ3n) is 4.14. The van der Waals surface area contributed by atoms with Crippen LogP contribution >= 0.6 is 12.4 Å². The molecule has 0 aromatic carbocycles. The Morgan fingerprint density at radius 2 is 1.95 bits per heavy atom. The number of amides is 1. The number of carbonyl (C=O) groups is 1. The van der Waals surface area contributed by atoms with Crippen LogP contribution in [-0.2, 0) is 14.3 Å². The van der Waals surface area contributed by atoms with Crippen molar-refractivity contribution in [2.24, 2.45) is 0 Å². The summed E-state index contributed by atoms with van der Waals surface area (Å²) in [5.74, 6) is 0.249. The van der Waals surface area contributed by atoms with Crippen LogP contribution < -0.4 is 5.32 Å². The van der Waals surface area contributed by atoms with Crippen LogP contribution in [0.5, 0.6) is 0 Å². The molecular weight excluding hydrogens is 268 g/mol. The molecule has 0 aromatic rings. The summed E-state index contributed by atoms with van der Waals surface area (Å²) >= 11 is 0. The molecule has 0 aromatic heterocycles. The molecular formula is C13H23ClN2O3. The number of nitrogens with zero attached hydrogens (tertiary/aromatic N) is 1. The minimum atomic E-state index is 0. The predicted molar refractivity (Wildman–Crippen MR) is 73.6 cm³/mol. The van der Waals surface area contributed by atoms with Gasteiger partial charge in [0.05, 0.1) is 18.8 Å². The van der Waals surface area contributed by atoms with Crippen molar-refractivity contribution in [1.29, 1.82) is 0 Å². The van der Waals surface area contributed by atoms with Gasteiger partial charge in [0.1, 0.15) is 6.10 Å². The van der Waals surface area contributed by atoms with Crippen molar-refractivity contribution in [3.05, 3.63) is 0 Å². The number of hydrogen-bond donors (Lipinski definition) is 1. The lowest BCUT2D eigenvalue weighted by Gasteiger charge is -2.36. The van der Waals surface area contributed by atoms with Crippen molar-refractivity contribution in [3.8, 4) is 0 Å². The highest BCUT2D eigenvalue weighted by atomic mass is 35.5. The molecule has 0 bridgehead atoms. The van der Waals surface area contributed by atoms with Gasteiger partial charge in [0, 0.05) is 19.7 Å². The first-order valence-corrected chi connectivity index (χ1v) is 7.10. The summed E-state index contributed by atoms with van der Waals surface area (Å²) in [6.45, 7) is 3.86. The summed E-state index contributed by atoms with van der Waals surface area (Å²) in [6, 6.07) is 0.0354. The molecule has 0 saturated carbocycles. The van der Waals surface area contributed by atoms with Gasteiger partial charge in [-0.2, -0.15) is 0 Å². The van der Waals surface area contributed by atoms with E-state index in [1.807, 2.05) is 4.90 Å². The van der Waals surface area contributed by atoms with Gasteiger partial charge in [0.15, 0.2) is 0 Å². The van der Waals surface area contributed by atoms with Crippen molar-refractivity contribution >= 4 is 18.3 Å². The number of rotatable bonds is 2. The van der Waals surface area contributed by atoms with Crippen LogP contribution in [0.1, 0.15) is 25.7 Å². The molecule has 5 nitrogen and oxygen atoms in total. The van der Waals surface area contributed by atoms with E-state index in [4.69, 9.17) is 9.47 Å². The molecule has 3 saturated heterocycles. The fraction of sp³-hybridized carbons (Fsp3) is 0.923. The van der Waals surface area contributed by atoms with Gasteiger partial charge < -0.3 is 19.7 Å².